The lowest BCUT2D eigenvalue weighted by atomic mass is 9.86. The molecule has 0 heterocycles. The normalized spacial score (nSPS) is 22.0. The number of ether oxygens (including phenoxy) is 1. The first-order chi connectivity index (χ1) is 11.5. The van der Waals surface area contributed by atoms with Crippen LogP contribution in [-0.2, 0) is 14.3 Å². The van der Waals surface area contributed by atoms with E-state index in [1.54, 1.807) is 0 Å². The lowest BCUT2D eigenvalue weighted by molar-refractivity contribution is -0.142. The first kappa shape index (κ1) is 21.1. The van der Waals surface area contributed by atoms with Gasteiger partial charge in [-0.2, -0.15) is 0 Å². The van der Waals surface area contributed by atoms with Gasteiger partial charge in [-0.15, -0.1) is 0 Å². The molecule has 140 valence electrons. The third-order valence-electron chi connectivity index (χ3n) is 5.04. The molecule has 0 spiro atoms. The highest BCUT2D eigenvalue weighted by Gasteiger charge is 2.33. The molecular formula is C19H34O5. The molecule has 24 heavy (non-hydrogen) atoms. The summed E-state index contributed by atoms with van der Waals surface area (Å²) >= 11 is 0. The van der Waals surface area contributed by atoms with E-state index in [2.05, 4.69) is 6.92 Å². The first-order valence-electron chi connectivity index (χ1n) is 9.54. The van der Waals surface area contributed by atoms with Gasteiger partial charge >= 0.3 is 5.97 Å². The van der Waals surface area contributed by atoms with Crippen molar-refractivity contribution in [2.24, 2.45) is 11.8 Å². The number of carbonyl (C=O) groups is 2. The van der Waals surface area contributed by atoms with Gasteiger partial charge in [0.25, 0.3) is 0 Å². The zero-order valence-corrected chi connectivity index (χ0v) is 15.0. The van der Waals surface area contributed by atoms with Gasteiger partial charge < -0.3 is 14.9 Å². The van der Waals surface area contributed by atoms with Crippen molar-refractivity contribution >= 4 is 11.8 Å². The summed E-state index contributed by atoms with van der Waals surface area (Å²) in [7, 11) is 0. The van der Waals surface area contributed by atoms with Crippen LogP contribution in [0.15, 0.2) is 0 Å². The van der Waals surface area contributed by atoms with Gasteiger partial charge in [-0.1, -0.05) is 32.6 Å². The van der Waals surface area contributed by atoms with Crippen LogP contribution in [0.2, 0.25) is 0 Å². The van der Waals surface area contributed by atoms with Gasteiger partial charge in [0.15, 0.2) is 0 Å². The van der Waals surface area contributed by atoms with E-state index in [1.807, 2.05) is 0 Å². The predicted octanol–water partition coefficient (Wildman–Crippen LogP) is 3.57. The van der Waals surface area contributed by atoms with Gasteiger partial charge in [0.05, 0.1) is 6.10 Å². The summed E-state index contributed by atoms with van der Waals surface area (Å²) in [6.45, 7) is 2.35. The fraction of sp³-hybridized carbons (Fsp3) is 0.895. The Hall–Kier alpha value is -0.940. The quantitative estimate of drug-likeness (QED) is 0.471. The van der Waals surface area contributed by atoms with Crippen LogP contribution in [-0.4, -0.2) is 41.3 Å². The van der Waals surface area contributed by atoms with Crippen LogP contribution in [0.4, 0.5) is 0 Å². The van der Waals surface area contributed by atoms with Gasteiger partial charge in [-0.25, -0.2) is 4.79 Å². The van der Waals surface area contributed by atoms with Gasteiger partial charge in [0.2, 0.25) is 0 Å². The van der Waals surface area contributed by atoms with Crippen LogP contribution in [0.3, 0.4) is 0 Å². The monoisotopic (exact) mass is 342 g/mol. The van der Waals surface area contributed by atoms with E-state index < -0.39 is 5.97 Å². The largest absolute Gasteiger partial charge is 0.480 e. The maximum Gasteiger partial charge on any atom is 0.329 e. The molecule has 3 atom stereocenters. The average Bonchev–Trinajstić information content (AvgIpc) is 2.89. The number of carboxylic acids is 1. The smallest absolute Gasteiger partial charge is 0.329 e. The van der Waals surface area contributed by atoms with Crippen molar-refractivity contribution in [2.45, 2.75) is 83.7 Å². The van der Waals surface area contributed by atoms with Crippen LogP contribution in [0.5, 0.6) is 0 Å². The third kappa shape index (κ3) is 8.78. The molecule has 0 amide bonds. The Morgan fingerprint density at radius 2 is 2.00 bits per heavy atom. The summed E-state index contributed by atoms with van der Waals surface area (Å²) in [4.78, 5) is 22.4. The summed E-state index contributed by atoms with van der Waals surface area (Å²) in [5, 5.41) is 18.6. The highest BCUT2D eigenvalue weighted by Crippen LogP contribution is 2.36. The molecule has 1 aliphatic rings. The maximum atomic E-state index is 12.1. The maximum absolute atomic E-state index is 12.1. The van der Waals surface area contributed by atoms with E-state index in [1.165, 1.54) is 12.8 Å². The van der Waals surface area contributed by atoms with Gasteiger partial charge in [-0.3, -0.25) is 4.79 Å². The number of hydrogen-bond donors (Lipinski definition) is 2. The second-order valence-corrected chi connectivity index (χ2v) is 7.04. The Bertz CT molecular complexity index is 369. The van der Waals surface area contributed by atoms with E-state index in [4.69, 9.17) is 9.84 Å². The number of ketones is 1. The number of aliphatic carboxylic acids is 1. The summed E-state index contributed by atoms with van der Waals surface area (Å²) in [5.74, 6) is -0.0314. The van der Waals surface area contributed by atoms with Crippen LogP contribution >= 0.6 is 0 Å². The Morgan fingerprint density at radius 3 is 2.71 bits per heavy atom. The van der Waals surface area contributed by atoms with Crippen molar-refractivity contribution in [2.75, 3.05) is 13.2 Å². The fourth-order valence-electron chi connectivity index (χ4n) is 3.63. The van der Waals surface area contributed by atoms with Crippen molar-refractivity contribution < 1.29 is 24.5 Å². The Kier molecular flexibility index (Phi) is 10.9. The lowest BCUT2D eigenvalue weighted by Crippen LogP contribution is -2.17. The Labute approximate surface area is 145 Å². The molecule has 1 saturated carbocycles. The molecule has 1 rings (SSSR count). The molecule has 2 N–H and O–H groups in total. The molecular weight excluding hydrogens is 308 g/mol. The molecule has 5 nitrogen and oxygen atoms in total. The van der Waals surface area contributed by atoms with E-state index >= 15 is 0 Å². The molecule has 0 aromatic carbocycles. The molecule has 0 radical (unpaired) electrons. The highest BCUT2D eigenvalue weighted by atomic mass is 16.5. The number of carbonyl (C=O) groups excluding carboxylic acids is 1. The molecule has 1 unspecified atom stereocenters. The topological polar surface area (TPSA) is 83.8 Å². The average molecular weight is 342 g/mol. The summed E-state index contributed by atoms with van der Waals surface area (Å²) in [6, 6.07) is 0. The fourth-order valence-corrected chi connectivity index (χ4v) is 3.63. The Balaban J connectivity index is 2.19. The summed E-state index contributed by atoms with van der Waals surface area (Å²) in [5.41, 5.74) is 0. The molecule has 0 saturated heterocycles. The minimum Gasteiger partial charge on any atom is -0.480 e. The van der Waals surface area contributed by atoms with E-state index in [9.17, 15) is 14.7 Å². The SMILES string of the molecule is CCCCCC(O)CC[C@H]1CCC(=O)[C@@H]1CCCCOCC(=O)O. The molecule has 1 fully saturated rings. The number of hydrogen-bond acceptors (Lipinski definition) is 4. The van der Waals surface area contributed by atoms with E-state index in [0.29, 0.717) is 24.7 Å². The molecule has 0 bridgehead atoms. The zero-order valence-electron chi connectivity index (χ0n) is 15.0. The second kappa shape index (κ2) is 12.4. The summed E-state index contributed by atoms with van der Waals surface area (Å²) in [6.07, 6.45) is 10.0. The lowest BCUT2D eigenvalue weighted by Gasteiger charge is -2.20. The number of Topliss-reactive ketones (excluding diaryl/α,β-unsaturated/α-hetero) is 1. The molecule has 0 aliphatic heterocycles. The van der Waals surface area contributed by atoms with Crippen molar-refractivity contribution in [3.8, 4) is 0 Å². The minimum atomic E-state index is -0.946. The third-order valence-corrected chi connectivity index (χ3v) is 5.04. The van der Waals surface area contributed by atoms with Crippen molar-refractivity contribution in [3.05, 3.63) is 0 Å². The summed E-state index contributed by atoms with van der Waals surface area (Å²) < 4.78 is 5.02. The van der Waals surface area contributed by atoms with Crippen LogP contribution in [0, 0.1) is 11.8 Å². The molecule has 5 heteroatoms. The zero-order chi connectivity index (χ0) is 17.8. The van der Waals surface area contributed by atoms with Crippen LogP contribution in [0.25, 0.3) is 0 Å². The van der Waals surface area contributed by atoms with Crippen molar-refractivity contribution in [1.29, 1.82) is 0 Å². The van der Waals surface area contributed by atoms with Gasteiger partial charge in [-0.05, 0) is 44.4 Å². The second-order valence-electron chi connectivity index (χ2n) is 7.04. The predicted molar refractivity (Wildman–Crippen MR) is 92.9 cm³/mol. The van der Waals surface area contributed by atoms with Gasteiger partial charge in [0, 0.05) is 18.9 Å². The van der Waals surface area contributed by atoms with Gasteiger partial charge in [0.1, 0.15) is 12.4 Å². The first-order valence-corrected chi connectivity index (χ1v) is 9.54. The minimum absolute atomic E-state index is 0.132. The number of aliphatic hydroxyl groups is 1. The van der Waals surface area contributed by atoms with Crippen molar-refractivity contribution in [1.82, 2.24) is 0 Å². The number of unbranched alkanes of at least 4 members (excludes halogenated alkanes) is 3. The van der Waals surface area contributed by atoms with E-state index in [0.717, 1.165) is 51.4 Å². The molecule has 0 aromatic rings. The van der Waals surface area contributed by atoms with Crippen LogP contribution in [0.1, 0.15) is 77.6 Å². The standard InChI is InChI=1S/C19H34O5/c1-2-3-4-7-16(20)11-9-15-10-12-18(21)17(15)8-5-6-13-24-14-19(22)23/h15-17,20H,2-14H2,1H3,(H,22,23)/t15-,16?,17+/m0/s1. The van der Waals surface area contributed by atoms with Crippen molar-refractivity contribution in [3.63, 3.8) is 0 Å². The number of aliphatic hydroxyl groups excluding tert-OH is 1. The Morgan fingerprint density at radius 1 is 1.21 bits per heavy atom. The van der Waals surface area contributed by atoms with E-state index in [-0.39, 0.29) is 18.6 Å². The number of rotatable bonds is 14. The number of carboxylic acid groups (broad SMARTS) is 1. The van der Waals surface area contributed by atoms with Crippen LogP contribution < -0.4 is 0 Å². The highest BCUT2D eigenvalue weighted by molar-refractivity contribution is 5.83. The molecule has 0 aromatic heterocycles. The molecule has 1 aliphatic carbocycles.